The molecule has 7 nitrogen and oxygen atoms in total. The van der Waals surface area contributed by atoms with E-state index < -0.39 is 0 Å². The maximum atomic E-state index is 9.12. The molecule has 0 aliphatic heterocycles. The fraction of sp³-hybridized carbons (Fsp3) is 0.0714. The predicted octanol–water partition coefficient (Wildman–Crippen LogP) is 2.61. The molecule has 0 amide bonds. The number of anilines is 1. The van der Waals surface area contributed by atoms with Crippen LogP contribution in [0.3, 0.4) is 0 Å². The molecule has 0 fully saturated rings. The van der Waals surface area contributed by atoms with Gasteiger partial charge in [-0.3, -0.25) is 0 Å². The second-order valence-electron chi connectivity index (χ2n) is 4.38. The van der Waals surface area contributed by atoms with Crippen LogP contribution in [0, 0.1) is 18.3 Å². The summed E-state index contributed by atoms with van der Waals surface area (Å²) in [4.78, 5) is 4.46. The monoisotopic (exact) mass is 309 g/mol. The fourth-order valence-corrected chi connectivity index (χ4v) is 2.46. The Morgan fingerprint density at radius 1 is 1.45 bits per heavy atom. The zero-order chi connectivity index (χ0) is 15.4. The lowest BCUT2D eigenvalue weighted by Gasteiger charge is -2.03. The number of rotatable bonds is 4. The van der Waals surface area contributed by atoms with Crippen molar-refractivity contribution in [3.8, 4) is 17.3 Å². The van der Waals surface area contributed by atoms with E-state index in [0.717, 1.165) is 22.0 Å². The molecule has 0 aliphatic rings. The first kappa shape index (κ1) is 13.9. The van der Waals surface area contributed by atoms with Gasteiger partial charge in [0.1, 0.15) is 11.6 Å². The minimum atomic E-state index is 0.251. The van der Waals surface area contributed by atoms with Crippen LogP contribution < -0.4 is 5.32 Å². The van der Waals surface area contributed by atoms with Crippen LogP contribution in [0.15, 0.2) is 35.8 Å². The molecule has 2 heterocycles. The van der Waals surface area contributed by atoms with Crippen LogP contribution >= 0.6 is 11.3 Å². The van der Waals surface area contributed by atoms with E-state index in [1.54, 1.807) is 17.5 Å². The molecule has 0 aliphatic carbocycles. The molecule has 0 spiro atoms. The van der Waals surface area contributed by atoms with Crippen LogP contribution in [-0.2, 0) is 0 Å². The summed E-state index contributed by atoms with van der Waals surface area (Å²) in [6.45, 7) is 1.98. The average Bonchev–Trinajstić information content (AvgIpc) is 3.20. The van der Waals surface area contributed by atoms with E-state index in [0.29, 0.717) is 5.57 Å². The first-order valence-electron chi connectivity index (χ1n) is 6.39. The van der Waals surface area contributed by atoms with Crippen LogP contribution in [0.25, 0.3) is 16.8 Å². The summed E-state index contributed by atoms with van der Waals surface area (Å²) in [7, 11) is 0. The van der Waals surface area contributed by atoms with E-state index in [1.165, 1.54) is 0 Å². The van der Waals surface area contributed by atoms with Gasteiger partial charge < -0.3 is 5.32 Å². The number of aryl methyl sites for hydroxylation is 1. The zero-order valence-electron chi connectivity index (χ0n) is 11.6. The van der Waals surface area contributed by atoms with Gasteiger partial charge in [-0.1, -0.05) is 12.1 Å². The highest BCUT2D eigenvalue weighted by Crippen LogP contribution is 2.24. The number of nitrogens with one attached hydrogen (secondary N) is 2. The van der Waals surface area contributed by atoms with Crippen molar-refractivity contribution < 1.29 is 0 Å². The molecule has 3 aromatic rings. The normalized spacial score (nSPS) is 11.2. The number of H-pyrrole nitrogens is 1. The third-order valence-corrected chi connectivity index (χ3v) is 3.64. The van der Waals surface area contributed by atoms with Gasteiger partial charge in [0, 0.05) is 22.8 Å². The Balaban J connectivity index is 1.83. The molecule has 3 rings (SSSR count). The molecular formula is C14H11N7S. The van der Waals surface area contributed by atoms with Crippen molar-refractivity contribution in [2.45, 2.75) is 6.92 Å². The van der Waals surface area contributed by atoms with Crippen LogP contribution in [0.1, 0.15) is 10.8 Å². The standard InChI is InChI=1S/C14H11N7S/c1-9-17-13(8-22-9)10-3-2-4-12(5-10)16-7-11(6-15)14-18-20-21-19-14/h2-5,7-8,16H,1H3,(H,18,19,20,21). The van der Waals surface area contributed by atoms with E-state index in [9.17, 15) is 0 Å². The summed E-state index contributed by atoms with van der Waals surface area (Å²) in [6.07, 6.45) is 1.55. The van der Waals surface area contributed by atoms with Crippen molar-refractivity contribution in [3.05, 3.63) is 46.7 Å². The van der Waals surface area contributed by atoms with Gasteiger partial charge in [0.25, 0.3) is 0 Å². The molecule has 1 aromatic carbocycles. The SMILES string of the molecule is Cc1nc(-c2cccc(NC=C(C#N)c3nn[nH]n3)c2)cs1. The molecule has 0 unspecified atom stereocenters. The number of hydrogen-bond donors (Lipinski definition) is 2. The number of nitriles is 1. The fourth-order valence-electron chi connectivity index (χ4n) is 1.84. The van der Waals surface area contributed by atoms with Crippen molar-refractivity contribution in [2.24, 2.45) is 0 Å². The Bertz CT molecular complexity index is 842. The van der Waals surface area contributed by atoms with E-state index in [1.807, 2.05) is 42.6 Å². The van der Waals surface area contributed by atoms with E-state index in [2.05, 4.69) is 30.9 Å². The second-order valence-corrected chi connectivity index (χ2v) is 5.44. The Morgan fingerprint density at radius 3 is 3.05 bits per heavy atom. The van der Waals surface area contributed by atoms with Gasteiger partial charge in [-0.05, 0) is 24.3 Å². The van der Waals surface area contributed by atoms with Gasteiger partial charge in [0.15, 0.2) is 0 Å². The Hall–Kier alpha value is -3.05. The minimum Gasteiger partial charge on any atom is -0.360 e. The second kappa shape index (κ2) is 6.15. The molecular weight excluding hydrogens is 298 g/mol. The summed E-state index contributed by atoms with van der Waals surface area (Å²) in [5.74, 6) is 0.251. The zero-order valence-corrected chi connectivity index (χ0v) is 12.4. The van der Waals surface area contributed by atoms with Crippen LogP contribution in [0.4, 0.5) is 5.69 Å². The van der Waals surface area contributed by atoms with Gasteiger partial charge in [0.05, 0.1) is 10.7 Å². The maximum absolute atomic E-state index is 9.12. The van der Waals surface area contributed by atoms with Crippen LogP contribution in [-0.4, -0.2) is 25.6 Å². The lowest BCUT2D eigenvalue weighted by Crippen LogP contribution is -1.93. The molecule has 0 saturated heterocycles. The maximum Gasteiger partial charge on any atom is 0.216 e. The lowest BCUT2D eigenvalue weighted by atomic mass is 10.1. The van der Waals surface area contributed by atoms with Gasteiger partial charge in [-0.25, -0.2) is 4.98 Å². The molecule has 2 N–H and O–H groups in total. The molecule has 108 valence electrons. The van der Waals surface area contributed by atoms with Gasteiger partial charge in [-0.15, -0.1) is 21.5 Å². The number of nitrogens with zero attached hydrogens (tertiary/aromatic N) is 5. The number of benzene rings is 1. The molecule has 2 aromatic heterocycles. The van der Waals surface area contributed by atoms with E-state index in [4.69, 9.17) is 5.26 Å². The molecule has 0 saturated carbocycles. The molecule has 0 atom stereocenters. The lowest BCUT2D eigenvalue weighted by molar-refractivity contribution is 0.881. The van der Waals surface area contributed by atoms with Gasteiger partial charge >= 0.3 is 0 Å². The van der Waals surface area contributed by atoms with E-state index >= 15 is 0 Å². The molecule has 22 heavy (non-hydrogen) atoms. The number of allylic oxidation sites excluding steroid dienone is 1. The van der Waals surface area contributed by atoms with Gasteiger partial charge in [-0.2, -0.15) is 10.5 Å². The third-order valence-electron chi connectivity index (χ3n) is 2.87. The number of aromatic amines is 1. The van der Waals surface area contributed by atoms with E-state index in [-0.39, 0.29) is 5.82 Å². The van der Waals surface area contributed by atoms with Crippen molar-refractivity contribution in [3.63, 3.8) is 0 Å². The smallest absolute Gasteiger partial charge is 0.216 e. The summed E-state index contributed by atoms with van der Waals surface area (Å²) in [5, 5.41) is 28.6. The number of aromatic nitrogens is 5. The summed E-state index contributed by atoms with van der Waals surface area (Å²) < 4.78 is 0. The van der Waals surface area contributed by atoms with Gasteiger partial charge in [0.2, 0.25) is 5.82 Å². The largest absolute Gasteiger partial charge is 0.360 e. The number of hydrogen-bond acceptors (Lipinski definition) is 7. The highest BCUT2D eigenvalue weighted by molar-refractivity contribution is 7.09. The first-order valence-corrected chi connectivity index (χ1v) is 7.27. The Kier molecular flexibility index (Phi) is 3.89. The summed E-state index contributed by atoms with van der Waals surface area (Å²) in [6, 6.07) is 9.83. The highest BCUT2D eigenvalue weighted by Gasteiger charge is 2.06. The first-order chi connectivity index (χ1) is 10.8. The van der Waals surface area contributed by atoms with Crippen molar-refractivity contribution >= 4 is 22.6 Å². The predicted molar refractivity (Wildman–Crippen MR) is 83.7 cm³/mol. The summed E-state index contributed by atoms with van der Waals surface area (Å²) in [5.41, 5.74) is 3.10. The third kappa shape index (κ3) is 2.99. The van der Waals surface area contributed by atoms with Crippen LogP contribution in [0.2, 0.25) is 0 Å². The Morgan fingerprint density at radius 2 is 2.36 bits per heavy atom. The molecule has 8 heteroatoms. The summed E-state index contributed by atoms with van der Waals surface area (Å²) >= 11 is 1.61. The number of thiazole rings is 1. The molecule has 0 radical (unpaired) electrons. The molecule has 0 bridgehead atoms. The highest BCUT2D eigenvalue weighted by atomic mass is 32.1. The topological polar surface area (TPSA) is 103 Å². The van der Waals surface area contributed by atoms with Crippen molar-refractivity contribution in [1.29, 1.82) is 5.26 Å². The number of tetrazole rings is 1. The quantitative estimate of drug-likeness (QED) is 0.718. The van der Waals surface area contributed by atoms with Crippen LogP contribution in [0.5, 0.6) is 0 Å². The minimum absolute atomic E-state index is 0.251. The van der Waals surface area contributed by atoms with Crippen molar-refractivity contribution in [2.75, 3.05) is 5.32 Å². The average molecular weight is 309 g/mol. The Labute approximate surface area is 130 Å². The van der Waals surface area contributed by atoms with Crippen molar-refractivity contribution in [1.82, 2.24) is 25.6 Å².